The minimum atomic E-state index is -1.07. The molecule has 1 atom stereocenters. The number of rotatable bonds is 6. The summed E-state index contributed by atoms with van der Waals surface area (Å²) in [6.45, 7) is 1.42. The number of hydrogen-bond donors (Lipinski definition) is 2. The predicted molar refractivity (Wildman–Crippen MR) is 108 cm³/mol. The van der Waals surface area contributed by atoms with E-state index in [9.17, 15) is 18.8 Å². The van der Waals surface area contributed by atoms with Crippen molar-refractivity contribution in [3.63, 3.8) is 0 Å². The van der Waals surface area contributed by atoms with E-state index in [1.165, 1.54) is 37.3 Å². The molecule has 0 aliphatic heterocycles. The molecule has 0 spiro atoms. The van der Waals surface area contributed by atoms with Crippen LogP contribution < -0.4 is 15.6 Å². The van der Waals surface area contributed by atoms with Crippen LogP contribution in [0.2, 0.25) is 0 Å². The highest BCUT2D eigenvalue weighted by atomic mass is 19.1. The molecular formula is C23H19FN2O4. The molecule has 7 heteroatoms. The van der Waals surface area contributed by atoms with Crippen molar-refractivity contribution in [2.45, 2.75) is 13.0 Å². The molecule has 2 N–H and O–H groups in total. The van der Waals surface area contributed by atoms with Crippen LogP contribution in [0.3, 0.4) is 0 Å². The number of nitrogens with one attached hydrogen (secondary N) is 2. The Kier molecular flexibility index (Phi) is 6.54. The molecule has 2 amide bonds. The van der Waals surface area contributed by atoms with Gasteiger partial charge < -0.3 is 4.74 Å². The fraction of sp³-hybridized carbons (Fsp3) is 0.0870. The molecule has 3 rings (SSSR count). The van der Waals surface area contributed by atoms with Crippen molar-refractivity contribution in [2.75, 3.05) is 0 Å². The minimum Gasteiger partial charge on any atom is -0.478 e. The largest absolute Gasteiger partial charge is 0.478 e. The Labute approximate surface area is 172 Å². The number of hydrogen-bond acceptors (Lipinski definition) is 4. The first-order valence-corrected chi connectivity index (χ1v) is 9.17. The molecule has 0 bridgehead atoms. The summed E-state index contributed by atoms with van der Waals surface area (Å²) in [7, 11) is 0. The van der Waals surface area contributed by atoms with Crippen LogP contribution in [0.25, 0.3) is 0 Å². The lowest BCUT2D eigenvalue weighted by Crippen LogP contribution is -2.47. The summed E-state index contributed by atoms with van der Waals surface area (Å²) < 4.78 is 18.9. The maximum atomic E-state index is 13.7. The number of hydrazine groups is 1. The second-order valence-corrected chi connectivity index (χ2v) is 6.37. The highest BCUT2D eigenvalue weighted by Crippen LogP contribution is 2.17. The molecule has 0 saturated heterocycles. The van der Waals surface area contributed by atoms with Crippen molar-refractivity contribution < 1.29 is 23.5 Å². The van der Waals surface area contributed by atoms with Gasteiger partial charge >= 0.3 is 0 Å². The van der Waals surface area contributed by atoms with Gasteiger partial charge in [-0.25, -0.2) is 4.39 Å². The standard InChI is InChI=1S/C23H19FN2O4/c1-15(30-20-14-8-7-13-19(20)24)22(28)25-26-23(29)18-12-6-5-11-17(18)21(27)16-9-3-2-4-10-16/h2-15H,1H3,(H,25,28)(H,26,29)/t15-/m0/s1. The van der Waals surface area contributed by atoms with Crippen molar-refractivity contribution in [3.8, 4) is 5.75 Å². The molecule has 3 aromatic carbocycles. The Morgan fingerprint density at radius 3 is 2.10 bits per heavy atom. The molecule has 0 aliphatic carbocycles. The zero-order valence-corrected chi connectivity index (χ0v) is 16.1. The van der Waals surface area contributed by atoms with E-state index in [-0.39, 0.29) is 22.7 Å². The molecule has 30 heavy (non-hydrogen) atoms. The van der Waals surface area contributed by atoms with Gasteiger partial charge in [-0.05, 0) is 25.1 Å². The third-order valence-electron chi connectivity index (χ3n) is 4.26. The summed E-state index contributed by atoms with van der Waals surface area (Å²) in [4.78, 5) is 37.5. The lowest BCUT2D eigenvalue weighted by atomic mass is 9.98. The van der Waals surface area contributed by atoms with E-state index < -0.39 is 23.7 Å². The van der Waals surface area contributed by atoms with Crippen LogP contribution in [-0.4, -0.2) is 23.7 Å². The molecule has 152 valence electrons. The van der Waals surface area contributed by atoms with Crippen LogP contribution in [-0.2, 0) is 4.79 Å². The molecular weight excluding hydrogens is 387 g/mol. The van der Waals surface area contributed by atoms with Gasteiger partial charge in [0.25, 0.3) is 11.8 Å². The molecule has 0 heterocycles. The van der Waals surface area contributed by atoms with E-state index in [0.29, 0.717) is 5.56 Å². The third kappa shape index (κ3) is 4.88. The van der Waals surface area contributed by atoms with Crippen LogP contribution in [0, 0.1) is 5.82 Å². The van der Waals surface area contributed by atoms with Crippen LogP contribution in [0.15, 0.2) is 78.9 Å². The monoisotopic (exact) mass is 406 g/mol. The first-order valence-electron chi connectivity index (χ1n) is 9.17. The van der Waals surface area contributed by atoms with Gasteiger partial charge in [0.15, 0.2) is 23.5 Å². The van der Waals surface area contributed by atoms with E-state index in [4.69, 9.17) is 4.74 Å². The fourth-order valence-electron chi connectivity index (χ4n) is 2.70. The normalized spacial score (nSPS) is 11.3. The Balaban J connectivity index is 1.66. The first kappa shape index (κ1) is 20.7. The fourth-order valence-corrected chi connectivity index (χ4v) is 2.70. The smallest absolute Gasteiger partial charge is 0.279 e. The van der Waals surface area contributed by atoms with Crippen molar-refractivity contribution in [3.05, 3.63) is 101 Å². The number of benzene rings is 3. The molecule has 0 aromatic heterocycles. The summed E-state index contributed by atoms with van der Waals surface area (Å²) in [6.07, 6.45) is -1.07. The van der Waals surface area contributed by atoms with Crippen LogP contribution >= 0.6 is 0 Å². The predicted octanol–water partition coefficient (Wildman–Crippen LogP) is 3.29. The van der Waals surface area contributed by atoms with Crippen LogP contribution in [0.1, 0.15) is 33.2 Å². The van der Waals surface area contributed by atoms with Crippen LogP contribution in [0.4, 0.5) is 4.39 Å². The summed E-state index contributed by atoms with van der Waals surface area (Å²) in [5.41, 5.74) is 5.24. The maximum absolute atomic E-state index is 13.7. The number of ether oxygens (including phenoxy) is 1. The van der Waals surface area contributed by atoms with Gasteiger partial charge in [0.2, 0.25) is 0 Å². The van der Waals surface area contributed by atoms with E-state index >= 15 is 0 Å². The topological polar surface area (TPSA) is 84.5 Å². The van der Waals surface area contributed by atoms with Gasteiger partial charge in [0.05, 0.1) is 5.56 Å². The van der Waals surface area contributed by atoms with Crippen molar-refractivity contribution >= 4 is 17.6 Å². The summed E-state index contributed by atoms with van der Waals surface area (Å²) >= 11 is 0. The summed E-state index contributed by atoms with van der Waals surface area (Å²) in [6, 6.07) is 20.5. The van der Waals surface area contributed by atoms with E-state index in [2.05, 4.69) is 10.9 Å². The quantitative estimate of drug-likeness (QED) is 0.486. The van der Waals surface area contributed by atoms with E-state index in [0.717, 1.165) is 0 Å². The Bertz CT molecular complexity index is 1070. The van der Waals surface area contributed by atoms with Gasteiger partial charge in [-0.3, -0.25) is 25.2 Å². The second kappa shape index (κ2) is 9.47. The number of para-hydroxylation sites is 1. The molecule has 0 unspecified atom stereocenters. The van der Waals surface area contributed by atoms with E-state index in [1.54, 1.807) is 48.5 Å². The summed E-state index contributed by atoms with van der Waals surface area (Å²) in [5, 5.41) is 0. The Morgan fingerprint density at radius 2 is 1.40 bits per heavy atom. The molecule has 6 nitrogen and oxygen atoms in total. The zero-order valence-electron chi connectivity index (χ0n) is 16.1. The van der Waals surface area contributed by atoms with Crippen molar-refractivity contribution in [1.82, 2.24) is 10.9 Å². The van der Waals surface area contributed by atoms with Crippen molar-refractivity contribution in [1.29, 1.82) is 0 Å². The highest BCUT2D eigenvalue weighted by Gasteiger charge is 2.20. The zero-order chi connectivity index (χ0) is 21.5. The highest BCUT2D eigenvalue weighted by molar-refractivity contribution is 6.15. The average molecular weight is 406 g/mol. The first-order chi connectivity index (χ1) is 14.5. The van der Waals surface area contributed by atoms with Gasteiger partial charge in [-0.1, -0.05) is 60.7 Å². The second-order valence-electron chi connectivity index (χ2n) is 6.37. The molecule has 0 fully saturated rings. The van der Waals surface area contributed by atoms with Crippen LogP contribution in [0.5, 0.6) is 5.75 Å². The Morgan fingerprint density at radius 1 is 0.800 bits per heavy atom. The summed E-state index contributed by atoms with van der Waals surface area (Å²) in [5.74, 6) is -2.34. The number of ketones is 1. The van der Waals surface area contributed by atoms with Gasteiger partial charge in [-0.15, -0.1) is 0 Å². The molecule has 0 radical (unpaired) electrons. The van der Waals surface area contributed by atoms with Gasteiger partial charge in [0, 0.05) is 11.1 Å². The Hall–Kier alpha value is -4.00. The number of carbonyl (C=O) groups is 3. The molecule has 0 aliphatic rings. The minimum absolute atomic E-state index is 0.0784. The number of carbonyl (C=O) groups excluding carboxylic acids is 3. The lowest BCUT2D eigenvalue weighted by molar-refractivity contribution is -0.128. The number of amides is 2. The van der Waals surface area contributed by atoms with E-state index in [1.807, 2.05) is 0 Å². The molecule has 3 aromatic rings. The van der Waals surface area contributed by atoms with Gasteiger partial charge in [0.1, 0.15) is 0 Å². The lowest BCUT2D eigenvalue weighted by Gasteiger charge is -2.16. The molecule has 0 saturated carbocycles. The average Bonchev–Trinajstić information content (AvgIpc) is 2.78. The van der Waals surface area contributed by atoms with Gasteiger partial charge in [-0.2, -0.15) is 0 Å². The third-order valence-corrected chi connectivity index (χ3v) is 4.26. The van der Waals surface area contributed by atoms with Crippen molar-refractivity contribution in [2.24, 2.45) is 0 Å². The SMILES string of the molecule is C[C@H](Oc1ccccc1F)C(=O)NNC(=O)c1ccccc1C(=O)c1ccccc1. The number of halogens is 1. The maximum Gasteiger partial charge on any atom is 0.279 e.